The summed E-state index contributed by atoms with van der Waals surface area (Å²) in [6.45, 7) is 1.91. The van der Waals surface area contributed by atoms with E-state index in [2.05, 4.69) is 49.7 Å². The van der Waals surface area contributed by atoms with Crippen LogP contribution >= 0.6 is 0 Å². The van der Waals surface area contributed by atoms with Crippen molar-refractivity contribution in [2.45, 2.75) is 31.2 Å². The second-order valence-electron chi connectivity index (χ2n) is 6.09. The number of aromatic nitrogens is 3. The molecule has 1 heterocycles. The maximum Gasteiger partial charge on any atom is 0.231 e. The number of benzene rings is 1. The molecule has 1 aliphatic rings. The van der Waals surface area contributed by atoms with Crippen molar-refractivity contribution in [3.63, 3.8) is 0 Å². The van der Waals surface area contributed by atoms with Gasteiger partial charge in [0.15, 0.2) is 0 Å². The second-order valence-corrected chi connectivity index (χ2v) is 6.09. The molecular weight excluding hydrogens is 278 g/mol. The van der Waals surface area contributed by atoms with Crippen LogP contribution in [0.2, 0.25) is 0 Å². The van der Waals surface area contributed by atoms with Gasteiger partial charge in [-0.25, -0.2) is 4.98 Å². The predicted octanol–water partition coefficient (Wildman–Crippen LogP) is 1.78. The molecule has 1 aromatic carbocycles. The Hall–Kier alpha value is -2.37. The molecule has 1 aromatic heterocycles. The van der Waals surface area contributed by atoms with Crippen molar-refractivity contribution in [1.82, 2.24) is 20.5 Å². The average molecular weight is 299 g/mol. The van der Waals surface area contributed by atoms with Gasteiger partial charge in [0, 0.05) is 19.8 Å². The molecular formula is C16H21N5O. The van der Waals surface area contributed by atoms with Crippen molar-refractivity contribution in [1.29, 1.82) is 0 Å². The number of rotatable bonds is 5. The topological polar surface area (TPSA) is 73.9 Å². The van der Waals surface area contributed by atoms with Gasteiger partial charge < -0.3 is 10.2 Å². The largest absolute Gasteiger partial charge is 0.378 e. The van der Waals surface area contributed by atoms with Crippen molar-refractivity contribution in [2.75, 3.05) is 19.0 Å². The summed E-state index contributed by atoms with van der Waals surface area (Å²) in [4.78, 5) is 18.8. The summed E-state index contributed by atoms with van der Waals surface area (Å²) in [7, 11) is 4.02. The number of carbonyl (C=O) groups is 1. The van der Waals surface area contributed by atoms with Gasteiger partial charge in [0.05, 0.1) is 11.5 Å². The molecule has 22 heavy (non-hydrogen) atoms. The van der Waals surface area contributed by atoms with Crippen LogP contribution in [0.15, 0.2) is 30.6 Å². The molecule has 1 unspecified atom stereocenters. The zero-order valence-corrected chi connectivity index (χ0v) is 13.1. The van der Waals surface area contributed by atoms with E-state index in [-0.39, 0.29) is 17.4 Å². The first-order chi connectivity index (χ1) is 10.5. The molecule has 6 nitrogen and oxygen atoms in total. The van der Waals surface area contributed by atoms with Crippen LogP contribution in [0.25, 0.3) is 0 Å². The quantitative estimate of drug-likeness (QED) is 0.882. The molecule has 1 fully saturated rings. The Labute approximate surface area is 129 Å². The van der Waals surface area contributed by atoms with Crippen molar-refractivity contribution in [3.8, 4) is 0 Å². The van der Waals surface area contributed by atoms with Gasteiger partial charge in [-0.1, -0.05) is 12.1 Å². The molecule has 0 radical (unpaired) electrons. The SMILES string of the molecule is CC(NC(=O)C1(c2ccc(N(C)C)cc2)CC1)c1ncn[nH]1. The maximum absolute atomic E-state index is 12.7. The number of anilines is 1. The van der Waals surface area contributed by atoms with Crippen LogP contribution in [0, 0.1) is 0 Å². The standard InChI is InChI=1S/C16H21N5O/c1-11(14-17-10-18-20-14)19-15(22)16(8-9-16)12-4-6-13(7-5-12)21(2)3/h4-7,10-11H,8-9H2,1-3H3,(H,19,22)(H,17,18,20). The van der Waals surface area contributed by atoms with E-state index in [9.17, 15) is 4.79 Å². The van der Waals surface area contributed by atoms with Crippen LogP contribution in [0.5, 0.6) is 0 Å². The number of hydrogen-bond donors (Lipinski definition) is 2. The highest BCUT2D eigenvalue weighted by Gasteiger charge is 2.51. The van der Waals surface area contributed by atoms with Crippen LogP contribution in [0.3, 0.4) is 0 Å². The highest BCUT2D eigenvalue weighted by atomic mass is 16.2. The lowest BCUT2D eigenvalue weighted by Crippen LogP contribution is -2.36. The smallest absolute Gasteiger partial charge is 0.231 e. The van der Waals surface area contributed by atoms with E-state index in [1.54, 1.807) is 0 Å². The van der Waals surface area contributed by atoms with E-state index >= 15 is 0 Å². The summed E-state index contributed by atoms with van der Waals surface area (Å²) in [6.07, 6.45) is 3.23. The summed E-state index contributed by atoms with van der Waals surface area (Å²) in [6, 6.07) is 8.06. The normalized spacial score (nSPS) is 16.9. The summed E-state index contributed by atoms with van der Waals surface area (Å²) in [5, 5.41) is 9.65. The summed E-state index contributed by atoms with van der Waals surface area (Å²) < 4.78 is 0. The summed E-state index contributed by atoms with van der Waals surface area (Å²) in [5.74, 6) is 0.737. The highest BCUT2D eigenvalue weighted by molar-refractivity contribution is 5.91. The van der Waals surface area contributed by atoms with E-state index in [0.29, 0.717) is 5.82 Å². The number of H-pyrrole nitrogens is 1. The first-order valence-electron chi connectivity index (χ1n) is 7.47. The number of hydrogen-bond acceptors (Lipinski definition) is 4. The Balaban J connectivity index is 1.74. The minimum Gasteiger partial charge on any atom is -0.378 e. The minimum atomic E-state index is -0.376. The van der Waals surface area contributed by atoms with Gasteiger partial charge in [0.2, 0.25) is 5.91 Å². The molecule has 2 N–H and O–H groups in total. The number of carbonyl (C=O) groups excluding carboxylic acids is 1. The average Bonchev–Trinajstić information content (AvgIpc) is 3.14. The number of amides is 1. The van der Waals surface area contributed by atoms with Crippen LogP contribution in [0.1, 0.15) is 37.2 Å². The molecule has 3 rings (SSSR count). The van der Waals surface area contributed by atoms with Crippen molar-refractivity contribution in [3.05, 3.63) is 42.0 Å². The predicted molar refractivity (Wildman–Crippen MR) is 84.6 cm³/mol. The van der Waals surface area contributed by atoms with E-state index < -0.39 is 0 Å². The van der Waals surface area contributed by atoms with E-state index in [1.807, 2.05) is 21.0 Å². The third-order valence-corrected chi connectivity index (χ3v) is 4.31. The first kappa shape index (κ1) is 14.6. The van der Waals surface area contributed by atoms with Crippen LogP contribution < -0.4 is 10.2 Å². The van der Waals surface area contributed by atoms with Crippen LogP contribution in [-0.2, 0) is 10.2 Å². The molecule has 0 spiro atoms. The Morgan fingerprint density at radius 1 is 1.32 bits per heavy atom. The van der Waals surface area contributed by atoms with Crippen molar-refractivity contribution >= 4 is 11.6 Å². The summed E-state index contributed by atoms with van der Waals surface area (Å²) >= 11 is 0. The number of nitrogens with zero attached hydrogens (tertiary/aromatic N) is 3. The fraction of sp³-hybridized carbons (Fsp3) is 0.438. The minimum absolute atomic E-state index is 0.0639. The van der Waals surface area contributed by atoms with Crippen molar-refractivity contribution < 1.29 is 4.79 Å². The molecule has 116 valence electrons. The molecule has 6 heteroatoms. The zero-order valence-electron chi connectivity index (χ0n) is 13.1. The number of aromatic amines is 1. The second kappa shape index (κ2) is 5.44. The third kappa shape index (κ3) is 2.56. The van der Waals surface area contributed by atoms with Crippen molar-refractivity contribution in [2.24, 2.45) is 0 Å². The van der Waals surface area contributed by atoms with Crippen LogP contribution in [0.4, 0.5) is 5.69 Å². The van der Waals surface area contributed by atoms with Gasteiger partial charge in [-0.2, -0.15) is 5.10 Å². The molecule has 1 saturated carbocycles. The molecule has 1 atom stereocenters. The van der Waals surface area contributed by atoms with Gasteiger partial charge in [-0.3, -0.25) is 9.89 Å². The van der Waals surface area contributed by atoms with Gasteiger partial charge in [0.25, 0.3) is 0 Å². The molecule has 0 saturated heterocycles. The Kier molecular flexibility index (Phi) is 3.60. The molecule has 0 bridgehead atoms. The van der Waals surface area contributed by atoms with E-state index in [1.165, 1.54) is 6.33 Å². The van der Waals surface area contributed by atoms with Gasteiger partial charge in [-0.05, 0) is 37.5 Å². The fourth-order valence-corrected chi connectivity index (χ4v) is 2.68. The fourth-order valence-electron chi connectivity index (χ4n) is 2.68. The lowest BCUT2D eigenvalue weighted by Gasteiger charge is -2.20. The van der Waals surface area contributed by atoms with E-state index in [4.69, 9.17) is 0 Å². The Morgan fingerprint density at radius 3 is 2.50 bits per heavy atom. The maximum atomic E-state index is 12.7. The number of nitrogens with one attached hydrogen (secondary N) is 2. The lowest BCUT2D eigenvalue weighted by atomic mass is 9.94. The highest BCUT2D eigenvalue weighted by Crippen LogP contribution is 2.48. The lowest BCUT2D eigenvalue weighted by molar-refractivity contribution is -0.124. The van der Waals surface area contributed by atoms with Gasteiger partial charge in [-0.15, -0.1) is 0 Å². The van der Waals surface area contributed by atoms with Gasteiger partial charge >= 0.3 is 0 Å². The van der Waals surface area contributed by atoms with Gasteiger partial charge in [0.1, 0.15) is 12.2 Å². The monoisotopic (exact) mass is 299 g/mol. The molecule has 0 aliphatic heterocycles. The Morgan fingerprint density at radius 2 is 2.00 bits per heavy atom. The van der Waals surface area contributed by atoms with E-state index in [0.717, 1.165) is 24.1 Å². The summed E-state index contributed by atoms with van der Waals surface area (Å²) in [5.41, 5.74) is 1.84. The third-order valence-electron chi connectivity index (χ3n) is 4.31. The Bertz CT molecular complexity index is 644. The molecule has 2 aromatic rings. The molecule has 1 amide bonds. The first-order valence-corrected chi connectivity index (χ1v) is 7.47. The van der Waals surface area contributed by atoms with Crippen LogP contribution in [-0.4, -0.2) is 35.2 Å². The zero-order chi connectivity index (χ0) is 15.7. The molecule has 1 aliphatic carbocycles.